The fourth-order valence-electron chi connectivity index (χ4n) is 2.79. The Kier molecular flexibility index (Phi) is 4.77. The maximum absolute atomic E-state index is 13.3. The first kappa shape index (κ1) is 18.7. The highest BCUT2D eigenvalue weighted by atomic mass is 35.5. The maximum Gasteiger partial charge on any atom is 0.417 e. The number of hydrogen-bond acceptors (Lipinski definition) is 3. The van der Waals surface area contributed by atoms with Crippen LogP contribution in [0.3, 0.4) is 0 Å². The van der Waals surface area contributed by atoms with Crippen molar-refractivity contribution in [2.75, 3.05) is 0 Å². The zero-order valence-corrected chi connectivity index (χ0v) is 14.8. The van der Waals surface area contributed by atoms with E-state index in [9.17, 15) is 13.2 Å². The molecule has 0 amide bonds. The summed E-state index contributed by atoms with van der Waals surface area (Å²) in [5.74, 6) is 0. The van der Waals surface area contributed by atoms with Crippen LogP contribution in [-0.4, -0.2) is 19.6 Å². The number of halogens is 4. The van der Waals surface area contributed by atoms with Crippen LogP contribution in [0.1, 0.15) is 11.3 Å². The van der Waals surface area contributed by atoms with Gasteiger partial charge in [0.1, 0.15) is 5.15 Å². The van der Waals surface area contributed by atoms with E-state index in [0.717, 1.165) is 11.8 Å². The molecule has 0 unspecified atom stereocenters. The maximum atomic E-state index is 13.3. The fraction of sp³-hybridized carbons (Fsp3) is 0.105. The molecule has 3 aromatic heterocycles. The molecule has 0 aliphatic heterocycles. The highest BCUT2D eigenvalue weighted by Gasteiger charge is 2.34. The highest BCUT2D eigenvalue weighted by Crippen LogP contribution is 2.39. The third-order valence-corrected chi connectivity index (χ3v) is 4.14. The van der Waals surface area contributed by atoms with E-state index in [1.54, 1.807) is 18.3 Å². The molecule has 27 heavy (non-hydrogen) atoms. The minimum absolute atomic E-state index is 0.0221. The summed E-state index contributed by atoms with van der Waals surface area (Å²) in [4.78, 5) is 8.54. The van der Waals surface area contributed by atoms with Crippen LogP contribution in [0.4, 0.5) is 13.2 Å². The number of rotatable bonds is 1. The van der Waals surface area contributed by atoms with Crippen molar-refractivity contribution in [2.24, 2.45) is 0 Å². The summed E-state index contributed by atoms with van der Waals surface area (Å²) in [5, 5.41) is 4.82. The van der Waals surface area contributed by atoms with Crippen molar-refractivity contribution in [3.05, 3.63) is 59.0 Å². The predicted molar refractivity (Wildman–Crippen MR) is 98.4 cm³/mol. The Morgan fingerprint density at radius 3 is 2.48 bits per heavy atom. The largest absolute Gasteiger partial charge is 0.417 e. The molecule has 0 fully saturated rings. The first-order valence-corrected chi connectivity index (χ1v) is 8.04. The quantitative estimate of drug-likeness (QED) is 0.333. The minimum atomic E-state index is -4.49. The molecule has 3 heterocycles. The van der Waals surface area contributed by atoms with Crippen LogP contribution in [0.2, 0.25) is 5.15 Å². The second-order valence-electron chi connectivity index (χ2n) is 5.60. The molecule has 1 aromatic carbocycles. The molecule has 4 rings (SSSR count). The van der Waals surface area contributed by atoms with Gasteiger partial charge in [0.2, 0.25) is 0 Å². The predicted octanol–water partition coefficient (Wildman–Crippen LogP) is 5.17. The molecule has 0 saturated carbocycles. The number of hydrogen-bond donors (Lipinski definition) is 0. The molecule has 0 atom stereocenters. The lowest BCUT2D eigenvalue weighted by atomic mass is 10.00. The lowest BCUT2D eigenvalue weighted by Crippen LogP contribution is -2.07. The van der Waals surface area contributed by atoms with E-state index in [4.69, 9.17) is 11.6 Å². The lowest BCUT2D eigenvalue weighted by Gasteiger charge is -2.14. The second-order valence-corrected chi connectivity index (χ2v) is 5.95. The average molecular weight is 389 g/mol. The van der Waals surface area contributed by atoms with Gasteiger partial charge in [-0.2, -0.15) is 22.8 Å². The molecule has 0 spiro atoms. The first-order valence-electron chi connectivity index (χ1n) is 7.66. The van der Waals surface area contributed by atoms with Crippen molar-refractivity contribution >= 4 is 28.3 Å². The van der Waals surface area contributed by atoms with Gasteiger partial charge < -0.3 is 0 Å². The number of aromatic nitrogens is 4. The average Bonchev–Trinajstić information content (AvgIpc) is 3.03. The third kappa shape index (κ3) is 3.32. The Hall–Kier alpha value is -3.11. The van der Waals surface area contributed by atoms with E-state index < -0.39 is 11.7 Å². The Labute approximate surface area is 157 Å². The SMILES string of the molecule is C#C.Cc1cc2ncc3cc(-c4ccccc4C(F)(F)F)c(Cl)nc3n2n1. The zero-order valence-electron chi connectivity index (χ0n) is 14.0. The van der Waals surface area contributed by atoms with Crippen molar-refractivity contribution in [3.8, 4) is 24.0 Å². The Bertz CT molecular complexity index is 1160. The van der Waals surface area contributed by atoms with E-state index in [2.05, 4.69) is 27.9 Å². The molecular weight excluding hydrogens is 377 g/mol. The van der Waals surface area contributed by atoms with Crippen molar-refractivity contribution in [1.82, 2.24) is 19.6 Å². The fourth-order valence-corrected chi connectivity index (χ4v) is 3.02. The number of benzene rings is 1. The van der Waals surface area contributed by atoms with Crippen molar-refractivity contribution in [3.63, 3.8) is 0 Å². The van der Waals surface area contributed by atoms with Gasteiger partial charge in [-0.25, -0.2) is 9.97 Å². The van der Waals surface area contributed by atoms with E-state index in [0.29, 0.717) is 16.7 Å². The van der Waals surface area contributed by atoms with Gasteiger partial charge in [0.15, 0.2) is 11.3 Å². The van der Waals surface area contributed by atoms with Crippen LogP contribution >= 0.6 is 11.6 Å². The Morgan fingerprint density at radius 2 is 1.78 bits per heavy atom. The first-order chi connectivity index (χ1) is 12.8. The van der Waals surface area contributed by atoms with Crippen LogP contribution in [0.5, 0.6) is 0 Å². The molecule has 0 aliphatic rings. The molecule has 0 saturated heterocycles. The zero-order chi connectivity index (χ0) is 19.8. The third-order valence-electron chi connectivity index (χ3n) is 3.86. The van der Waals surface area contributed by atoms with Crippen molar-refractivity contribution in [2.45, 2.75) is 13.1 Å². The standard InChI is InChI=1S/C17H10ClF3N4.C2H2/c1-9-6-14-22-8-10-7-12(15(18)23-16(10)25(14)24-9)11-4-2-3-5-13(11)17(19,20)21;1-2/h2-8H,1H3;1-2H. The monoisotopic (exact) mass is 388 g/mol. The number of pyridine rings is 1. The van der Waals surface area contributed by atoms with Gasteiger partial charge in [0, 0.05) is 23.2 Å². The van der Waals surface area contributed by atoms with E-state index in [1.165, 1.54) is 22.7 Å². The highest BCUT2D eigenvalue weighted by molar-refractivity contribution is 6.32. The smallest absolute Gasteiger partial charge is 0.236 e. The molecule has 4 aromatic rings. The van der Waals surface area contributed by atoms with Gasteiger partial charge in [-0.15, -0.1) is 12.8 Å². The van der Waals surface area contributed by atoms with Crippen molar-refractivity contribution < 1.29 is 13.2 Å². The molecule has 0 aliphatic carbocycles. The topological polar surface area (TPSA) is 43.1 Å². The molecule has 0 bridgehead atoms. The number of nitrogens with zero attached hydrogens (tertiary/aromatic N) is 4. The Balaban J connectivity index is 0.00000102. The van der Waals surface area contributed by atoms with Gasteiger partial charge in [0.25, 0.3) is 0 Å². The van der Waals surface area contributed by atoms with E-state index in [1.807, 2.05) is 6.92 Å². The number of fused-ring (bicyclic) bond motifs is 3. The van der Waals surface area contributed by atoms with Crippen LogP contribution < -0.4 is 0 Å². The van der Waals surface area contributed by atoms with Crippen LogP contribution in [0.15, 0.2) is 42.6 Å². The molecule has 136 valence electrons. The summed E-state index contributed by atoms with van der Waals surface area (Å²) in [6.45, 7) is 1.82. The number of alkyl halides is 3. The Morgan fingerprint density at radius 1 is 1.07 bits per heavy atom. The van der Waals surface area contributed by atoms with Gasteiger partial charge in [0.05, 0.1) is 11.3 Å². The van der Waals surface area contributed by atoms with Gasteiger partial charge in [-0.3, -0.25) is 0 Å². The summed E-state index contributed by atoms with van der Waals surface area (Å²) in [6, 6.07) is 8.60. The van der Waals surface area contributed by atoms with Crippen molar-refractivity contribution in [1.29, 1.82) is 0 Å². The summed E-state index contributed by atoms with van der Waals surface area (Å²) in [5.41, 5.74) is 1.21. The molecule has 8 heteroatoms. The molecule has 0 N–H and O–H groups in total. The summed E-state index contributed by atoms with van der Waals surface area (Å²) >= 11 is 6.23. The van der Waals surface area contributed by atoms with Gasteiger partial charge in [-0.05, 0) is 24.6 Å². The molecule has 0 radical (unpaired) electrons. The summed E-state index contributed by atoms with van der Waals surface area (Å²) in [7, 11) is 0. The molecular formula is C19H12ClF3N4. The minimum Gasteiger partial charge on any atom is -0.236 e. The normalized spacial score (nSPS) is 11.4. The number of terminal acetylenes is 1. The summed E-state index contributed by atoms with van der Waals surface area (Å²) < 4.78 is 41.4. The molecule has 4 nitrogen and oxygen atoms in total. The van der Waals surface area contributed by atoms with E-state index >= 15 is 0 Å². The summed E-state index contributed by atoms with van der Waals surface area (Å²) in [6.07, 6.45) is 5.06. The van der Waals surface area contributed by atoms with Crippen LogP contribution in [-0.2, 0) is 6.18 Å². The van der Waals surface area contributed by atoms with Gasteiger partial charge >= 0.3 is 6.18 Å². The number of aryl methyl sites for hydroxylation is 1. The lowest BCUT2D eigenvalue weighted by molar-refractivity contribution is -0.137. The van der Waals surface area contributed by atoms with Crippen LogP contribution in [0.25, 0.3) is 27.8 Å². The van der Waals surface area contributed by atoms with E-state index in [-0.39, 0.29) is 16.3 Å². The van der Waals surface area contributed by atoms with Gasteiger partial charge in [-0.1, -0.05) is 29.8 Å². The second kappa shape index (κ2) is 6.89. The van der Waals surface area contributed by atoms with Crippen LogP contribution in [0, 0.1) is 19.8 Å².